The maximum Gasteiger partial charge on any atom is 0.311 e. The molecule has 7 heteroatoms. The van der Waals surface area contributed by atoms with E-state index in [9.17, 15) is 9.59 Å². The Morgan fingerprint density at radius 1 is 1.33 bits per heavy atom. The van der Waals surface area contributed by atoms with Gasteiger partial charge in [-0.3, -0.25) is 9.59 Å². The molecule has 1 aliphatic heterocycles. The first kappa shape index (κ1) is 6.77. The van der Waals surface area contributed by atoms with E-state index in [-0.39, 0.29) is 5.89 Å². The standard InChI is InChI=1S/C5H3N4O3/c10-3-4(11)9-2(8-3)5-6-1-7-12-5/h2H,(H,8,10)(H,9,11). The van der Waals surface area contributed by atoms with Gasteiger partial charge in [0.05, 0.1) is 0 Å². The van der Waals surface area contributed by atoms with E-state index in [1.165, 1.54) is 0 Å². The van der Waals surface area contributed by atoms with Crippen LogP contribution in [0.2, 0.25) is 0 Å². The predicted molar refractivity (Wildman–Crippen MR) is 32.2 cm³/mol. The molecule has 0 saturated carbocycles. The molecule has 0 aromatic carbocycles. The minimum absolute atomic E-state index is 0.106. The third kappa shape index (κ3) is 0.911. The van der Waals surface area contributed by atoms with E-state index in [0.29, 0.717) is 0 Å². The van der Waals surface area contributed by atoms with Crippen LogP contribution in [-0.2, 0) is 9.59 Å². The minimum atomic E-state index is -0.719. The largest absolute Gasteiger partial charge is 0.334 e. The summed E-state index contributed by atoms with van der Waals surface area (Å²) in [6.45, 7) is 0. The second-order valence-electron chi connectivity index (χ2n) is 2.11. The number of rotatable bonds is 1. The van der Waals surface area contributed by atoms with Gasteiger partial charge in [-0.15, -0.1) is 0 Å². The number of hydrogen-bond acceptors (Lipinski definition) is 5. The maximum absolute atomic E-state index is 10.7. The van der Waals surface area contributed by atoms with Crippen molar-refractivity contribution in [2.75, 3.05) is 0 Å². The smallest absolute Gasteiger partial charge is 0.311 e. The number of aromatic nitrogens is 2. The van der Waals surface area contributed by atoms with Gasteiger partial charge >= 0.3 is 11.8 Å². The molecule has 0 atom stereocenters. The van der Waals surface area contributed by atoms with Crippen molar-refractivity contribution in [1.82, 2.24) is 20.8 Å². The van der Waals surface area contributed by atoms with Crippen LogP contribution in [0, 0.1) is 6.33 Å². The number of nitrogens with one attached hydrogen (secondary N) is 2. The summed E-state index contributed by atoms with van der Waals surface area (Å²) < 4.78 is 4.57. The van der Waals surface area contributed by atoms with E-state index >= 15 is 0 Å². The SMILES string of the molecule is O=C1NC(c2n[c]no2)NC1=O. The molecule has 7 nitrogen and oxygen atoms in total. The second-order valence-corrected chi connectivity index (χ2v) is 2.11. The van der Waals surface area contributed by atoms with Crippen molar-refractivity contribution >= 4 is 11.8 Å². The summed E-state index contributed by atoms with van der Waals surface area (Å²) in [4.78, 5) is 24.8. The fraction of sp³-hybridized carbons (Fsp3) is 0.200. The van der Waals surface area contributed by atoms with E-state index in [0.717, 1.165) is 0 Å². The van der Waals surface area contributed by atoms with E-state index < -0.39 is 18.0 Å². The van der Waals surface area contributed by atoms with Gasteiger partial charge in [0.1, 0.15) is 0 Å². The van der Waals surface area contributed by atoms with Gasteiger partial charge in [-0.1, -0.05) is 5.16 Å². The molecule has 2 amide bonds. The lowest BCUT2D eigenvalue weighted by atomic mass is 10.5. The normalized spacial score (nSPS) is 17.7. The lowest BCUT2D eigenvalue weighted by molar-refractivity contribution is -0.135. The quantitative estimate of drug-likeness (QED) is 0.477. The van der Waals surface area contributed by atoms with Crippen molar-refractivity contribution in [3.63, 3.8) is 0 Å². The number of amides is 2. The third-order valence-corrected chi connectivity index (χ3v) is 1.34. The Bertz CT molecular complexity index is 303. The van der Waals surface area contributed by atoms with Crippen molar-refractivity contribution in [1.29, 1.82) is 0 Å². The molecule has 0 bridgehead atoms. The number of hydrogen-bond donors (Lipinski definition) is 2. The molecule has 0 aliphatic carbocycles. The summed E-state index contributed by atoms with van der Waals surface area (Å²) in [5.41, 5.74) is 0. The number of nitrogens with zero attached hydrogens (tertiary/aromatic N) is 2. The Labute approximate surface area is 66.1 Å². The van der Waals surface area contributed by atoms with Gasteiger partial charge in [0.15, 0.2) is 6.17 Å². The van der Waals surface area contributed by atoms with E-state index in [1.54, 1.807) is 0 Å². The molecular weight excluding hydrogens is 164 g/mol. The molecule has 2 rings (SSSR count). The highest BCUT2D eigenvalue weighted by Crippen LogP contribution is 2.08. The van der Waals surface area contributed by atoms with Crippen LogP contribution in [0.25, 0.3) is 0 Å². The van der Waals surface area contributed by atoms with Crippen LogP contribution in [-0.4, -0.2) is 22.0 Å². The van der Waals surface area contributed by atoms with Gasteiger partial charge in [-0.25, -0.2) is 0 Å². The number of carbonyl (C=O) groups excluding carboxylic acids is 2. The molecule has 12 heavy (non-hydrogen) atoms. The van der Waals surface area contributed by atoms with Gasteiger partial charge < -0.3 is 15.2 Å². The van der Waals surface area contributed by atoms with Crippen molar-refractivity contribution in [3.05, 3.63) is 12.2 Å². The molecule has 0 unspecified atom stereocenters. The molecule has 2 N–H and O–H groups in total. The number of carbonyl (C=O) groups is 2. The lowest BCUT2D eigenvalue weighted by Gasteiger charge is -2.01. The average Bonchev–Trinajstić information content (AvgIpc) is 2.61. The third-order valence-electron chi connectivity index (χ3n) is 1.34. The van der Waals surface area contributed by atoms with Gasteiger partial charge in [0.2, 0.25) is 6.33 Å². The first-order chi connectivity index (χ1) is 5.77. The molecule has 1 radical (unpaired) electrons. The molecule has 1 fully saturated rings. The van der Waals surface area contributed by atoms with Crippen LogP contribution in [0.3, 0.4) is 0 Å². The zero-order chi connectivity index (χ0) is 8.55. The molecule has 1 saturated heterocycles. The van der Waals surface area contributed by atoms with Gasteiger partial charge in [0.25, 0.3) is 5.89 Å². The first-order valence-corrected chi connectivity index (χ1v) is 3.08. The van der Waals surface area contributed by atoms with Crippen molar-refractivity contribution < 1.29 is 14.1 Å². The Kier molecular flexibility index (Phi) is 1.29. The zero-order valence-corrected chi connectivity index (χ0v) is 5.70. The highest BCUT2D eigenvalue weighted by molar-refractivity contribution is 6.36. The fourth-order valence-electron chi connectivity index (χ4n) is 0.827. The summed E-state index contributed by atoms with van der Waals surface area (Å²) in [6, 6.07) is 0. The predicted octanol–water partition coefficient (Wildman–Crippen LogP) is -1.89. The lowest BCUT2D eigenvalue weighted by Crippen LogP contribution is -2.23. The molecule has 1 aliphatic rings. The molecule has 1 aromatic rings. The van der Waals surface area contributed by atoms with Crippen molar-refractivity contribution in [2.24, 2.45) is 0 Å². The second kappa shape index (κ2) is 2.29. The average molecular weight is 167 g/mol. The summed E-state index contributed by atoms with van der Waals surface area (Å²) in [5.74, 6) is -1.31. The van der Waals surface area contributed by atoms with Gasteiger partial charge in [-0.05, 0) is 0 Å². The van der Waals surface area contributed by atoms with Crippen LogP contribution in [0.15, 0.2) is 4.52 Å². The van der Waals surface area contributed by atoms with Crippen LogP contribution < -0.4 is 10.6 Å². The molecule has 61 valence electrons. The summed E-state index contributed by atoms with van der Waals surface area (Å²) >= 11 is 0. The van der Waals surface area contributed by atoms with Gasteiger partial charge in [-0.2, -0.15) is 4.98 Å². The minimum Gasteiger partial charge on any atom is -0.334 e. The maximum atomic E-state index is 10.7. The Morgan fingerprint density at radius 2 is 2.00 bits per heavy atom. The summed E-state index contributed by atoms with van der Waals surface area (Å²) in [5, 5.41) is 7.78. The monoisotopic (exact) mass is 167 g/mol. The molecule has 2 heterocycles. The van der Waals surface area contributed by atoms with Crippen LogP contribution >= 0.6 is 0 Å². The Morgan fingerprint density at radius 3 is 2.50 bits per heavy atom. The van der Waals surface area contributed by atoms with Crippen molar-refractivity contribution in [3.8, 4) is 0 Å². The highest BCUT2D eigenvalue weighted by Gasteiger charge is 2.32. The highest BCUT2D eigenvalue weighted by atomic mass is 16.5. The van der Waals surface area contributed by atoms with Crippen LogP contribution in [0.4, 0.5) is 0 Å². The van der Waals surface area contributed by atoms with E-state index in [2.05, 4.69) is 31.6 Å². The topological polar surface area (TPSA) is 97.1 Å². The Hall–Kier alpha value is -1.92. The summed E-state index contributed by atoms with van der Waals surface area (Å²) in [7, 11) is 0. The van der Waals surface area contributed by atoms with E-state index in [1.807, 2.05) is 0 Å². The van der Waals surface area contributed by atoms with Gasteiger partial charge in [0, 0.05) is 0 Å². The summed E-state index contributed by atoms with van der Waals surface area (Å²) in [6.07, 6.45) is 1.45. The molecule has 0 spiro atoms. The van der Waals surface area contributed by atoms with Crippen LogP contribution in [0.5, 0.6) is 0 Å². The molecular formula is C5H3N4O3. The zero-order valence-electron chi connectivity index (χ0n) is 5.70. The molecule has 1 aromatic heterocycles. The first-order valence-electron chi connectivity index (χ1n) is 3.08. The van der Waals surface area contributed by atoms with Crippen LogP contribution in [0.1, 0.15) is 12.1 Å². The van der Waals surface area contributed by atoms with E-state index in [4.69, 9.17) is 0 Å². The fourth-order valence-corrected chi connectivity index (χ4v) is 0.827. The van der Waals surface area contributed by atoms with Crippen molar-refractivity contribution in [2.45, 2.75) is 6.17 Å². The Balaban J connectivity index is 2.19.